The smallest absolute Gasteiger partial charge is 0.411 e. The average molecular weight is 438 g/mol. The number of unbranched alkanes of at least 4 members (excludes halogenated alkanes) is 1. The third kappa shape index (κ3) is 6.67. The van der Waals surface area contributed by atoms with Crippen molar-refractivity contribution in [1.29, 1.82) is 5.26 Å². The van der Waals surface area contributed by atoms with Gasteiger partial charge in [-0.1, -0.05) is 25.5 Å². The van der Waals surface area contributed by atoms with Gasteiger partial charge in [-0.05, 0) is 54.4 Å². The molecule has 0 bridgehead atoms. The Hall–Kier alpha value is -3.15. The predicted octanol–water partition coefficient (Wildman–Crippen LogP) is 5.08. The van der Waals surface area contributed by atoms with Crippen molar-refractivity contribution in [2.75, 3.05) is 25.5 Å². The van der Waals surface area contributed by atoms with Gasteiger partial charge in [-0.15, -0.1) is 11.3 Å². The van der Waals surface area contributed by atoms with Crippen molar-refractivity contribution in [2.24, 2.45) is 0 Å². The SMILES string of the molecule is CCCC=CCOC(=O)Nc1ccc2scc(CCN(C)Cc3ncc(C#N)[nH]3)c2c1. The fourth-order valence-corrected chi connectivity index (χ4v) is 4.11. The number of fused-ring (bicyclic) bond motifs is 1. The molecule has 1 aromatic carbocycles. The topological polar surface area (TPSA) is 94.0 Å². The quantitative estimate of drug-likeness (QED) is 0.432. The number of anilines is 1. The van der Waals surface area contributed by atoms with Crippen LogP contribution >= 0.6 is 11.3 Å². The Balaban J connectivity index is 1.55. The van der Waals surface area contributed by atoms with Crippen LogP contribution in [0.25, 0.3) is 10.1 Å². The van der Waals surface area contributed by atoms with E-state index in [4.69, 9.17) is 10.00 Å². The molecule has 0 saturated carbocycles. The van der Waals surface area contributed by atoms with Gasteiger partial charge >= 0.3 is 6.09 Å². The lowest BCUT2D eigenvalue weighted by molar-refractivity contribution is 0.174. The minimum Gasteiger partial charge on any atom is -0.445 e. The number of carbonyl (C=O) groups is 1. The number of carbonyl (C=O) groups excluding carboxylic acids is 1. The van der Waals surface area contributed by atoms with Gasteiger partial charge in [0.05, 0.1) is 12.7 Å². The van der Waals surface area contributed by atoms with Gasteiger partial charge in [-0.25, -0.2) is 9.78 Å². The lowest BCUT2D eigenvalue weighted by Crippen LogP contribution is -2.21. The van der Waals surface area contributed by atoms with Gasteiger partial charge in [-0.2, -0.15) is 5.26 Å². The Labute approximate surface area is 186 Å². The molecule has 1 amide bonds. The molecule has 0 aliphatic carbocycles. The maximum atomic E-state index is 12.0. The van der Waals surface area contributed by atoms with Crippen molar-refractivity contribution in [3.63, 3.8) is 0 Å². The lowest BCUT2D eigenvalue weighted by Gasteiger charge is -2.14. The van der Waals surface area contributed by atoms with Crippen molar-refractivity contribution >= 4 is 33.2 Å². The molecule has 7 nitrogen and oxygen atoms in total. The number of nitrogens with zero attached hydrogens (tertiary/aromatic N) is 3. The standard InChI is InChI=1S/C23H27N5O2S/c1-3-4-5-6-11-30-23(29)27-18-7-8-21-20(12-18)17(16-31-21)9-10-28(2)15-22-25-14-19(13-24)26-22/h5-8,12,14,16H,3-4,9-11,15H2,1-2H3,(H,25,26)(H,27,29). The number of amides is 1. The monoisotopic (exact) mass is 437 g/mol. The number of H-pyrrole nitrogens is 1. The molecule has 0 aliphatic heterocycles. The highest BCUT2D eigenvalue weighted by molar-refractivity contribution is 7.17. The Morgan fingerprint density at radius 3 is 3.06 bits per heavy atom. The van der Waals surface area contributed by atoms with Crippen LogP contribution in [-0.2, 0) is 17.7 Å². The summed E-state index contributed by atoms with van der Waals surface area (Å²) < 4.78 is 6.38. The molecule has 8 heteroatoms. The summed E-state index contributed by atoms with van der Waals surface area (Å²) in [5.41, 5.74) is 2.44. The summed E-state index contributed by atoms with van der Waals surface area (Å²) >= 11 is 1.70. The number of likely N-dealkylation sites (N-methyl/N-ethyl adjacent to an activating group) is 1. The van der Waals surface area contributed by atoms with Crippen LogP contribution in [0.5, 0.6) is 0 Å². The highest BCUT2D eigenvalue weighted by Gasteiger charge is 2.10. The molecule has 3 aromatic rings. The minimum atomic E-state index is -0.452. The van der Waals surface area contributed by atoms with Crippen LogP contribution in [0, 0.1) is 11.3 Å². The van der Waals surface area contributed by atoms with E-state index in [1.807, 2.05) is 37.4 Å². The first-order valence-electron chi connectivity index (χ1n) is 10.3. The van der Waals surface area contributed by atoms with E-state index in [2.05, 4.69) is 38.6 Å². The fraction of sp³-hybridized carbons (Fsp3) is 0.348. The summed E-state index contributed by atoms with van der Waals surface area (Å²) in [7, 11) is 2.03. The van der Waals surface area contributed by atoms with Crippen LogP contribution in [0.15, 0.2) is 41.9 Å². The number of ether oxygens (including phenoxy) is 1. The first-order valence-corrected chi connectivity index (χ1v) is 11.2. The summed E-state index contributed by atoms with van der Waals surface area (Å²) in [6.45, 7) is 3.87. The van der Waals surface area contributed by atoms with E-state index in [0.717, 1.165) is 42.7 Å². The molecule has 2 N–H and O–H groups in total. The molecule has 2 aromatic heterocycles. The Kier molecular flexibility index (Phi) is 8.21. The van der Waals surface area contributed by atoms with Gasteiger partial charge in [0.2, 0.25) is 0 Å². The molecule has 0 aliphatic rings. The Morgan fingerprint density at radius 2 is 2.29 bits per heavy atom. The number of aromatic amines is 1. The second-order valence-electron chi connectivity index (χ2n) is 7.30. The summed E-state index contributed by atoms with van der Waals surface area (Å²) in [5.74, 6) is 0.781. The van der Waals surface area contributed by atoms with Gasteiger partial charge in [0.25, 0.3) is 0 Å². The third-order valence-corrected chi connectivity index (χ3v) is 5.78. The summed E-state index contributed by atoms with van der Waals surface area (Å²) in [6.07, 6.45) is 7.92. The zero-order valence-corrected chi connectivity index (χ0v) is 18.7. The van der Waals surface area contributed by atoms with E-state index in [9.17, 15) is 4.79 Å². The van der Waals surface area contributed by atoms with Crippen molar-refractivity contribution < 1.29 is 9.53 Å². The maximum absolute atomic E-state index is 12.0. The van der Waals surface area contributed by atoms with Crippen LogP contribution in [0.4, 0.5) is 10.5 Å². The number of thiophene rings is 1. The second kappa shape index (κ2) is 11.3. The second-order valence-corrected chi connectivity index (χ2v) is 8.21. The number of hydrogen-bond donors (Lipinski definition) is 2. The van der Waals surface area contributed by atoms with Crippen LogP contribution in [0.2, 0.25) is 0 Å². The van der Waals surface area contributed by atoms with E-state index in [1.54, 1.807) is 17.5 Å². The Bertz CT molecular complexity index is 1080. The number of benzene rings is 1. The number of nitrogens with one attached hydrogen (secondary N) is 2. The molecule has 0 saturated heterocycles. The van der Waals surface area contributed by atoms with Crippen molar-refractivity contribution in [3.05, 3.63) is 59.0 Å². The molecule has 0 atom stereocenters. The number of imidazole rings is 1. The predicted molar refractivity (Wildman–Crippen MR) is 124 cm³/mol. The van der Waals surface area contributed by atoms with Crippen LogP contribution in [0.1, 0.15) is 36.8 Å². The van der Waals surface area contributed by atoms with Gasteiger partial charge in [0.1, 0.15) is 24.2 Å². The van der Waals surface area contributed by atoms with Crippen molar-refractivity contribution in [1.82, 2.24) is 14.9 Å². The van der Waals surface area contributed by atoms with Crippen molar-refractivity contribution in [2.45, 2.75) is 32.7 Å². The average Bonchev–Trinajstić information content (AvgIpc) is 3.38. The fourth-order valence-electron chi connectivity index (χ4n) is 3.13. The van der Waals surface area contributed by atoms with Gasteiger partial charge in [0, 0.05) is 16.9 Å². The van der Waals surface area contributed by atoms with E-state index in [-0.39, 0.29) is 6.61 Å². The number of allylic oxidation sites excluding steroid dienone is 1. The number of nitriles is 1. The molecule has 0 unspecified atom stereocenters. The zero-order chi connectivity index (χ0) is 22.1. The number of hydrogen-bond acceptors (Lipinski definition) is 6. The van der Waals surface area contributed by atoms with E-state index in [0.29, 0.717) is 12.2 Å². The van der Waals surface area contributed by atoms with Gasteiger partial charge < -0.3 is 9.72 Å². The van der Waals surface area contributed by atoms with E-state index < -0.39 is 6.09 Å². The first-order chi connectivity index (χ1) is 15.1. The minimum absolute atomic E-state index is 0.273. The summed E-state index contributed by atoms with van der Waals surface area (Å²) in [5, 5.41) is 15.0. The largest absolute Gasteiger partial charge is 0.445 e. The maximum Gasteiger partial charge on any atom is 0.411 e. The molecular formula is C23H27N5O2S. The Morgan fingerprint density at radius 1 is 1.42 bits per heavy atom. The molecule has 162 valence electrons. The van der Waals surface area contributed by atoms with Crippen LogP contribution in [-0.4, -0.2) is 41.2 Å². The normalized spacial score (nSPS) is 11.3. The molecule has 3 rings (SSSR count). The highest BCUT2D eigenvalue weighted by atomic mass is 32.1. The summed E-state index contributed by atoms with van der Waals surface area (Å²) in [6, 6.07) is 7.98. The van der Waals surface area contributed by atoms with Gasteiger partial charge in [-0.3, -0.25) is 10.2 Å². The molecule has 2 heterocycles. The summed E-state index contributed by atoms with van der Waals surface area (Å²) in [4.78, 5) is 21.4. The van der Waals surface area contributed by atoms with Gasteiger partial charge in [0.15, 0.2) is 0 Å². The molecule has 0 fully saturated rings. The first kappa shape index (κ1) is 22.5. The molecule has 0 radical (unpaired) electrons. The van der Waals surface area contributed by atoms with E-state index in [1.165, 1.54) is 10.3 Å². The number of aromatic nitrogens is 2. The molecule has 0 spiro atoms. The van der Waals surface area contributed by atoms with Crippen LogP contribution in [0.3, 0.4) is 0 Å². The highest BCUT2D eigenvalue weighted by Crippen LogP contribution is 2.29. The van der Waals surface area contributed by atoms with Crippen molar-refractivity contribution in [3.8, 4) is 6.07 Å². The third-order valence-electron chi connectivity index (χ3n) is 4.76. The zero-order valence-electron chi connectivity index (χ0n) is 17.9. The van der Waals surface area contributed by atoms with E-state index >= 15 is 0 Å². The van der Waals surface area contributed by atoms with Crippen LogP contribution < -0.4 is 5.32 Å². The lowest BCUT2D eigenvalue weighted by atomic mass is 10.1. The molecular weight excluding hydrogens is 410 g/mol. The number of rotatable bonds is 10. The molecule has 31 heavy (non-hydrogen) atoms.